The molecule has 3 rings (SSSR count). The number of ether oxygens (including phenoxy) is 2. The fraction of sp³-hybridized carbons (Fsp3) is 0.300. The molecule has 2 aromatic heterocycles. The van der Waals surface area contributed by atoms with Crippen LogP contribution < -0.4 is 18.9 Å². The van der Waals surface area contributed by atoms with E-state index >= 15 is 0 Å². The molecule has 0 saturated carbocycles. The predicted octanol–water partition coefficient (Wildman–Crippen LogP) is 3.12. The average Bonchev–Trinajstić information content (AvgIpc) is 2.87. The monoisotopic (exact) mass is 530 g/mol. The molecule has 0 spiro atoms. The summed E-state index contributed by atoms with van der Waals surface area (Å²) >= 11 is 3.00. The lowest BCUT2D eigenvalue weighted by molar-refractivity contribution is 0.202. The van der Waals surface area contributed by atoms with Crippen molar-refractivity contribution in [2.24, 2.45) is 0 Å². The van der Waals surface area contributed by atoms with Crippen molar-refractivity contribution >= 4 is 32.0 Å². The normalized spacial score (nSPS) is 15.2. The largest absolute Gasteiger partial charge is 0.473 e. The lowest BCUT2D eigenvalue weighted by Crippen LogP contribution is -2.31. The Labute approximate surface area is 206 Å². The van der Waals surface area contributed by atoms with Gasteiger partial charge in [-0.3, -0.25) is 4.72 Å². The molecule has 0 atom stereocenters. The molecule has 2 heterocycles. The third kappa shape index (κ3) is 6.84. The fourth-order valence-electron chi connectivity index (χ4n) is 2.15. The Balaban J connectivity index is 2.09. The van der Waals surface area contributed by atoms with Gasteiger partial charge in [0.2, 0.25) is 5.88 Å². The minimum absolute atomic E-state index is 0.0806. The molecule has 32 heavy (non-hydrogen) atoms. The van der Waals surface area contributed by atoms with E-state index in [0.29, 0.717) is 6.42 Å². The van der Waals surface area contributed by atoms with Gasteiger partial charge >= 0.3 is 6.01 Å². The summed E-state index contributed by atoms with van der Waals surface area (Å²) in [7, 11) is -4.22. The number of rotatable bonds is 11. The third-order valence-corrected chi connectivity index (χ3v) is 4.94. The van der Waals surface area contributed by atoms with E-state index in [9.17, 15) is 8.42 Å². The summed E-state index contributed by atoms with van der Waals surface area (Å²) in [6, 6.07) is -2.70. The molecule has 3 aromatic rings. The number of halogens is 1. The van der Waals surface area contributed by atoms with Crippen LogP contribution in [0.1, 0.15) is 29.9 Å². The van der Waals surface area contributed by atoms with Crippen LogP contribution in [-0.4, -0.2) is 48.1 Å². The van der Waals surface area contributed by atoms with Crippen LogP contribution in [0.3, 0.4) is 0 Å². The second kappa shape index (κ2) is 11.2. The molecule has 12 heteroatoms. The lowest BCUT2D eigenvalue weighted by Gasteiger charge is -2.15. The second-order valence-electron chi connectivity index (χ2n) is 5.98. The van der Waals surface area contributed by atoms with Crippen LogP contribution in [-0.2, 0) is 10.2 Å². The Morgan fingerprint density at radius 2 is 1.84 bits per heavy atom. The Kier molecular flexibility index (Phi) is 5.26. The van der Waals surface area contributed by atoms with E-state index < -0.39 is 76.4 Å². The van der Waals surface area contributed by atoms with E-state index in [1.54, 1.807) is 6.92 Å². The smallest absolute Gasteiger partial charge is 0.316 e. The van der Waals surface area contributed by atoms with Gasteiger partial charge in [-0.1, -0.05) is 34.9 Å². The first kappa shape index (κ1) is 15.1. The highest BCUT2D eigenvalue weighted by atomic mass is 79.9. The predicted molar refractivity (Wildman–Crippen MR) is 124 cm³/mol. The number of aromatic nitrogens is 4. The van der Waals surface area contributed by atoms with Gasteiger partial charge in [-0.2, -0.15) is 13.1 Å². The minimum Gasteiger partial charge on any atom is -0.473 e. The lowest BCUT2D eigenvalue weighted by atomic mass is 10.1. The molecule has 0 unspecified atom stereocenters. The molecule has 0 bridgehead atoms. The van der Waals surface area contributed by atoms with Crippen LogP contribution in [0.2, 0.25) is 0 Å². The molecule has 0 radical (unpaired) electrons. The van der Waals surface area contributed by atoms with Gasteiger partial charge in [0.05, 0.1) is 16.5 Å². The maximum absolute atomic E-state index is 12.6. The van der Waals surface area contributed by atoms with Crippen molar-refractivity contribution in [3.05, 3.63) is 52.9 Å². The SMILES string of the molecule is [2H]c1nc(OC([2H])([2H])COc2ncnc(NS(=O)(=O)NCCC)c2-c2c([2H])c([2H])c(Br)c([2H])c2[2H])nc([2H])c1C. The van der Waals surface area contributed by atoms with Gasteiger partial charge < -0.3 is 9.47 Å². The number of nitrogens with zero attached hydrogens (tertiary/aromatic N) is 4. The van der Waals surface area contributed by atoms with Crippen molar-refractivity contribution in [3.8, 4) is 23.0 Å². The quantitative estimate of drug-likeness (QED) is 0.386. The van der Waals surface area contributed by atoms with Crippen molar-refractivity contribution in [2.45, 2.75) is 20.3 Å². The highest BCUT2D eigenvalue weighted by Crippen LogP contribution is 2.34. The first-order valence-electron chi connectivity index (χ1n) is 13.1. The molecular weight excluding hydrogens is 500 g/mol. The maximum atomic E-state index is 12.6. The molecule has 10 nitrogen and oxygen atoms in total. The second-order valence-corrected chi connectivity index (χ2v) is 8.27. The van der Waals surface area contributed by atoms with Crippen molar-refractivity contribution in [3.63, 3.8) is 0 Å². The van der Waals surface area contributed by atoms with Crippen molar-refractivity contribution in [1.82, 2.24) is 24.7 Å². The van der Waals surface area contributed by atoms with E-state index in [1.165, 1.54) is 6.92 Å². The summed E-state index contributed by atoms with van der Waals surface area (Å²) in [5.41, 5.74) is -0.645. The van der Waals surface area contributed by atoms with E-state index in [-0.39, 0.29) is 28.9 Å². The van der Waals surface area contributed by atoms with Crippen LogP contribution in [0.25, 0.3) is 11.1 Å². The molecule has 0 aliphatic carbocycles. The highest BCUT2D eigenvalue weighted by molar-refractivity contribution is 9.10. The molecule has 0 saturated heterocycles. The Bertz CT molecular complexity index is 1500. The molecule has 0 aliphatic heterocycles. The van der Waals surface area contributed by atoms with Crippen LogP contribution in [0.5, 0.6) is 11.9 Å². The molecule has 1 aromatic carbocycles. The van der Waals surface area contributed by atoms with Crippen LogP contribution >= 0.6 is 15.9 Å². The van der Waals surface area contributed by atoms with Gasteiger partial charge in [0.25, 0.3) is 10.2 Å². The molecular formula is C20H23BrN6O4S. The topological polar surface area (TPSA) is 128 Å². The molecule has 0 aliphatic rings. The van der Waals surface area contributed by atoms with Gasteiger partial charge in [-0.25, -0.2) is 19.9 Å². The maximum Gasteiger partial charge on any atom is 0.316 e. The summed E-state index contributed by atoms with van der Waals surface area (Å²) in [6.45, 7) is -0.331. The first-order valence-corrected chi connectivity index (χ1v) is 11.4. The Morgan fingerprint density at radius 1 is 1.12 bits per heavy atom. The molecule has 2 N–H and O–H groups in total. The van der Waals surface area contributed by atoms with Crippen molar-refractivity contribution in [2.75, 3.05) is 24.4 Å². The minimum atomic E-state index is -4.22. The Hall–Kier alpha value is -2.83. The van der Waals surface area contributed by atoms with E-state index in [2.05, 4.69) is 45.3 Å². The summed E-state index contributed by atoms with van der Waals surface area (Å²) in [4.78, 5) is 15.2. The summed E-state index contributed by atoms with van der Waals surface area (Å²) in [5, 5.41) is 0. The zero-order chi connectivity index (χ0) is 30.0. The summed E-state index contributed by atoms with van der Waals surface area (Å²) in [5.74, 6) is -0.955. The van der Waals surface area contributed by atoms with Gasteiger partial charge in [-0.05, 0) is 36.6 Å². The summed E-state index contributed by atoms with van der Waals surface area (Å²) < 4.78 is 105. The zero-order valence-electron chi connectivity index (χ0n) is 24.9. The number of hydrogen-bond acceptors (Lipinski definition) is 8. The third-order valence-electron chi connectivity index (χ3n) is 3.50. The van der Waals surface area contributed by atoms with E-state index in [0.717, 1.165) is 6.33 Å². The molecule has 0 fully saturated rings. The van der Waals surface area contributed by atoms with Gasteiger partial charge in [0, 0.05) is 23.4 Å². The Morgan fingerprint density at radius 3 is 2.53 bits per heavy atom. The average molecular weight is 531 g/mol. The van der Waals surface area contributed by atoms with Crippen molar-refractivity contribution < 1.29 is 28.9 Å². The summed E-state index contributed by atoms with van der Waals surface area (Å²) in [6.07, 6.45) is 0.693. The zero-order valence-corrected chi connectivity index (χ0v) is 19.3. The first-order chi connectivity index (χ1) is 18.6. The fourth-order valence-corrected chi connectivity index (χ4v) is 3.31. The van der Waals surface area contributed by atoms with Crippen LogP contribution in [0.4, 0.5) is 5.82 Å². The molecule has 170 valence electrons. The van der Waals surface area contributed by atoms with Crippen LogP contribution in [0, 0.1) is 6.92 Å². The van der Waals surface area contributed by atoms with E-state index in [1.807, 2.05) is 0 Å². The number of benzene rings is 1. The van der Waals surface area contributed by atoms with Gasteiger partial charge in [0.15, 0.2) is 5.82 Å². The van der Waals surface area contributed by atoms with Gasteiger partial charge in [0.1, 0.15) is 19.5 Å². The number of nitrogens with one attached hydrogen (secondary N) is 2. The standard InChI is InChI=1S/C20H23BrN6O4S/c1-3-8-26-32(28,29)27-18-17(15-4-6-16(21)7-5-15)19(25-13-24-18)30-9-10-31-20-22-11-14(2)12-23-20/h4-7,11-13,26H,3,8-10H2,1-2H3,(H,24,25,27)/i4D,5D,6D,7D,10D2,11D,12D. The van der Waals surface area contributed by atoms with Gasteiger partial charge in [-0.15, -0.1) is 0 Å². The number of anilines is 1. The van der Waals surface area contributed by atoms with Crippen LogP contribution in [0.15, 0.2) is 47.3 Å². The number of hydrogen-bond donors (Lipinski definition) is 2. The van der Waals surface area contributed by atoms with Crippen molar-refractivity contribution in [1.29, 1.82) is 0 Å². The highest BCUT2D eigenvalue weighted by Gasteiger charge is 2.19. The molecule has 0 amide bonds. The van der Waals surface area contributed by atoms with E-state index in [4.69, 9.17) is 20.4 Å².